The molecule has 0 aliphatic carbocycles. The zero-order chi connectivity index (χ0) is 18.7. The first kappa shape index (κ1) is 18.4. The van der Waals surface area contributed by atoms with E-state index < -0.39 is 0 Å². The average molecular weight is 374 g/mol. The van der Waals surface area contributed by atoms with Crippen molar-refractivity contribution in [3.8, 4) is 5.69 Å². The Balaban J connectivity index is 1.67. The van der Waals surface area contributed by atoms with Crippen molar-refractivity contribution in [1.29, 1.82) is 0 Å². The monoisotopic (exact) mass is 374 g/mol. The fourth-order valence-electron chi connectivity index (χ4n) is 3.02. The van der Waals surface area contributed by atoms with E-state index in [9.17, 15) is 9.59 Å². The number of carbonyl (C=O) groups is 2. The second kappa shape index (κ2) is 7.86. The fraction of sp³-hybridized carbons (Fsp3) is 0.471. The lowest BCUT2D eigenvalue weighted by atomic mass is 9.97. The van der Waals surface area contributed by atoms with E-state index >= 15 is 0 Å². The van der Waals surface area contributed by atoms with Crippen LogP contribution in [0.2, 0.25) is 0 Å². The predicted octanol–water partition coefficient (Wildman–Crippen LogP) is 1.10. The number of thioether (sulfide) groups is 1. The molecule has 1 aliphatic rings. The van der Waals surface area contributed by atoms with Crippen LogP contribution in [0.15, 0.2) is 23.4 Å². The Labute approximate surface area is 156 Å². The lowest BCUT2D eigenvalue weighted by Gasteiger charge is -2.31. The second-order valence-corrected chi connectivity index (χ2v) is 7.48. The lowest BCUT2D eigenvalue weighted by molar-refractivity contribution is -0.132. The Morgan fingerprint density at radius 1 is 1.35 bits per heavy atom. The summed E-state index contributed by atoms with van der Waals surface area (Å²) in [5.74, 6) is -0.403. The third-order valence-electron chi connectivity index (χ3n) is 4.53. The van der Waals surface area contributed by atoms with Gasteiger partial charge in [-0.2, -0.15) is 4.68 Å². The summed E-state index contributed by atoms with van der Waals surface area (Å²) >= 11 is 1.29. The molecule has 1 atom stereocenters. The minimum absolute atomic E-state index is 0.0311. The van der Waals surface area contributed by atoms with E-state index in [1.165, 1.54) is 11.8 Å². The molecule has 1 unspecified atom stereocenters. The molecule has 0 bridgehead atoms. The van der Waals surface area contributed by atoms with Gasteiger partial charge in [0.2, 0.25) is 17.0 Å². The van der Waals surface area contributed by atoms with Crippen LogP contribution < -0.4 is 5.73 Å². The number of rotatable bonds is 5. The smallest absolute Gasteiger partial charge is 0.233 e. The first-order chi connectivity index (χ1) is 12.5. The van der Waals surface area contributed by atoms with E-state index in [0.717, 1.165) is 29.7 Å². The van der Waals surface area contributed by atoms with Crippen LogP contribution in [0.25, 0.3) is 5.69 Å². The van der Waals surface area contributed by atoms with E-state index in [1.807, 2.05) is 32.0 Å². The molecule has 2 N–H and O–H groups in total. The average Bonchev–Trinajstić information content (AvgIpc) is 3.10. The van der Waals surface area contributed by atoms with Gasteiger partial charge in [-0.05, 0) is 54.3 Å². The molecule has 0 radical (unpaired) electrons. The number of piperidine rings is 1. The number of hydrogen-bond donors (Lipinski definition) is 1. The minimum atomic E-state index is -0.339. The van der Waals surface area contributed by atoms with Crippen LogP contribution in [0, 0.1) is 19.8 Å². The number of hydrogen-bond acceptors (Lipinski definition) is 6. The summed E-state index contributed by atoms with van der Waals surface area (Å²) in [4.78, 5) is 25.6. The maximum atomic E-state index is 12.5. The lowest BCUT2D eigenvalue weighted by Crippen LogP contribution is -2.44. The number of aromatic nitrogens is 4. The molecule has 3 rings (SSSR count). The van der Waals surface area contributed by atoms with Gasteiger partial charge in [0, 0.05) is 13.1 Å². The summed E-state index contributed by atoms with van der Waals surface area (Å²) < 4.78 is 1.66. The molecule has 138 valence electrons. The Kier molecular flexibility index (Phi) is 5.55. The van der Waals surface area contributed by atoms with Gasteiger partial charge < -0.3 is 10.6 Å². The zero-order valence-electron chi connectivity index (χ0n) is 14.9. The van der Waals surface area contributed by atoms with E-state index in [4.69, 9.17) is 5.73 Å². The molecular formula is C17H22N6O2S. The Bertz CT molecular complexity index is 821. The topological polar surface area (TPSA) is 107 Å². The Morgan fingerprint density at radius 2 is 2.15 bits per heavy atom. The molecule has 26 heavy (non-hydrogen) atoms. The minimum Gasteiger partial charge on any atom is -0.369 e. The molecule has 0 spiro atoms. The molecule has 2 aromatic rings. The number of amides is 2. The van der Waals surface area contributed by atoms with Crippen molar-refractivity contribution in [3.05, 3.63) is 29.3 Å². The Morgan fingerprint density at radius 3 is 2.92 bits per heavy atom. The van der Waals surface area contributed by atoms with Gasteiger partial charge in [0.05, 0.1) is 17.4 Å². The van der Waals surface area contributed by atoms with Crippen molar-refractivity contribution in [1.82, 2.24) is 25.1 Å². The van der Waals surface area contributed by atoms with Crippen LogP contribution in [-0.2, 0) is 9.59 Å². The molecule has 9 heteroatoms. The number of aryl methyl sites for hydroxylation is 2. The van der Waals surface area contributed by atoms with Gasteiger partial charge in [-0.25, -0.2) is 0 Å². The second-order valence-electron chi connectivity index (χ2n) is 6.53. The van der Waals surface area contributed by atoms with Gasteiger partial charge in [0.1, 0.15) is 0 Å². The highest BCUT2D eigenvalue weighted by molar-refractivity contribution is 7.99. The third-order valence-corrected chi connectivity index (χ3v) is 5.44. The van der Waals surface area contributed by atoms with Gasteiger partial charge in [-0.1, -0.05) is 23.9 Å². The molecular weight excluding hydrogens is 352 g/mol. The van der Waals surface area contributed by atoms with Gasteiger partial charge in [0.25, 0.3) is 0 Å². The van der Waals surface area contributed by atoms with Gasteiger partial charge >= 0.3 is 0 Å². The van der Waals surface area contributed by atoms with Gasteiger partial charge in [-0.15, -0.1) is 5.10 Å². The van der Waals surface area contributed by atoms with Gasteiger partial charge in [0.15, 0.2) is 0 Å². The standard InChI is InChI=1S/C17H22N6O2S/c1-11-5-6-12(2)14(8-11)23-17(19-20-21-23)26-10-15(24)22-7-3-4-13(9-22)16(18)25/h5-6,8,13H,3-4,7,9-10H2,1-2H3,(H2,18,25). The van der Waals surface area contributed by atoms with Crippen LogP contribution >= 0.6 is 11.8 Å². The highest BCUT2D eigenvalue weighted by Gasteiger charge is 2.27. The predicted molar refractivity (Wildman–Crippen MR) is 97.9 cm³/mol. The summed E-state index contributed by atoms with van der Waals surface area (Å²) in [6, 6.07) is 6.06. The normalized spacial score (nSPS) is 17.3. The van der Waals surface area contributed by atoms with Crippen LogP contribution in [0.3, 0.4) is 0 Å². The summed E-state index contributed by atoms with van der Waals surface area (Å²) in [5.41, 5.74) is 8.44. The van der Waals surface area contributed by atoms with Crippen molar-refractivity contribution < 1.29 is 9.59 Å². The van der Waals surface area contributed by atoms with Crippen LogP contribution in [0.1, 0.15) is 24.0 Å². The molecule has 1 aromatic heterocycles. The number of nitrogens with zero attached hydrogens (tertiary/aromatic N) is 5. The number of carbonyl (C=O) groups excluding carboxylic acids is 2. The number of nitrogens with two attached hydrogens (primary N) is 1. The number of benzene rings is 1. The zero-order valence-corrected chi connectivity index (χ0v) is 15.7. The quantitative estimate of drug-likeness (QED) is 0.785. The summed E-state index contributed by atoms with van der Waals surface area (Å²) in [6.07, 6.45) is 1.54. The Hall–Kier alpha value is -2.42. The van der Waals surface area contributed by atoms with Crippen molar-refractivity contribution in [2.24, 2.45) is 11.7 Å². The SMILES string of the molecule is Cc1ccc(C)c(-n2nnnc2SCC(=O)N2CCCC(C(N)=O)C2)c1. The van der Waals surface area contributed by atoms with Crippen LogP contribution in [0.4, 0.5) is 0 Å². The van der Waals surface area contributed by atoms with Crippen LogP contribution in [-0.4, -0.2) is 55.8 Å². The van der Waals surface area contributed by atoms with Crippen molar-refractivity contribution in [2.75, 3.05) is 18.8 Å². The molecule has 2 amide bonds. The molecule has 0 saturated carbocycles. The third kappa shape index (κ3) is 4.04. The maximum absolute atomic E-state index is 12.5. The summed E-state index contributed by atoms with van der Waals surface area (Å²) in [6.45, 7) is 5.06. The summed E-state index contributed by atoms with van der Waals surface area (Å²) in [7, 11) is 0. The molecule has 1 aliphatic heterocycles. The van der Waals surface area contributed by atoms with Gasteiger partial charge in [-0.3, -0.25) is 9.59 Å². The molecule has 8 nitrogen and oxygen atoms in total. The maximum Gasteiger partial charge on any atom is 0.233 e. The number of primary amides is 1. The molecule has 1 fully saturated rings. The van der Waals surface area contributed by atoms with E-state index in [0.29, 0.717) is 18.2 Å². The number of tetrazole rings is 1. The van der Waals surface area contributed by atoms with Crippen LogP contribution in [0.5, 0.6) is 0 Å². The van der Waals surface area contributed by atoms with E-state index in [2.05, 4.69) is 15.5 Å². The van der Waals surface area contributed by atoms with E-state index in [1.54, 1.807) is 9.58 Å². The molecule has 1 saturated heterocycles. The largest absolute Gasteiger partial charge is 0.369 e. The molecule has 2 heterocycles. The first-order valence-electron chi connectivity index (χ1n) is 8.51. The van der Waals surface area contributed by atoms with Crippen molar-refractivity contribution in [3.63, 3.8) is 0 Å². The highest BCUT2D eigenvalue weighted by Crippen LogP contribution is 2.23. The summed E-state index contributed by atoms with van der Waals surface area (Å²) in [5, 5.41) is 12.4. The number of likely N-dealkylation sites (tertiary alicyclic amines) is 1. The highest BCUT2D eigenvalue weighted by atomic mass is 32.2. The van der Waals surface area contributed by atoms with Crippen molar-refractivity contribution >= 4 is 23.6 Å². The first-order valence-corrected chi connectivity index (χ1v) is 9.50. The fourth-order valence-corrected chi connectivity index (χ4v) is 3.81. The van der Waals surface area contributed by atoms with Crippen molar-refractivity contribution in [2.45, 2.75) is 31.8 Å². The van der Waals surface area contributed by atoms with E-state index in [-0.39, 0.29) is 23.5 Å². The molecule has 1 aromatic carbocycles.